The number of unbranched alkanes of at least 4 members (excludes halogenated alkanes) is 2. The van der Waals surface area contributed by atoms with E-state index in [0.717, 1.165) is 11.5 Å². The van der Waals surface area contributed by atoms with Crippen LogP contribution in [0.4, 0.5) is 0 Å². The van der Waals surface area contributed by atoms with Gasteiger partial charge < -0.3 is 5.11 Å². The zero-order valence-corrected chi connectivity index (χ0v) is 13.6. The van der Waals surface area contributed by atoms with Crippen molar-refractivity contribution in [1.82, 2.24) is 0 Å². The summed E-state index contributed by atoms with van der Waals surface area (Å²) >= 11 is 0. The lowest BCUT2D eigenvalue weighted by molar-refractivity contribution is -0.131. The lowest BCUT2D eigenvalue weighted by Gasteiger charge is -2.29. The minimum atomic E-state index is -0.898. The van der Waals surface area contributed by atoms with Crippen LogP contribution < -0.4 is 0 Å². The van der Waals surface area contributed by atoms with E-state index in [2.05, 4.69) is 19.1 Å². The van der Waals surface area contributed by atoms with Crippen LogP contribution >= 0.6 is 0 Å². The molecule has 2 heteroatoms. The molecule has 1 aliphatic carbocycles. The quantitative estimate of drug-likeness (QED) is 0.522. The molecule has 0 bridgehead atoms. The van der Waals surface area contributed by atoms with E-state index in [1.165, 1.54) is 63.0 Å². The fourth-order valence-electron chi connectivity index (χ4n) is 3.51. The van der Waals surface area contributed by atoms with Crippen LogP contribution in [0.3, 0.4) is 0 Å². The number of carbonyl (C=O) groups is 1. The molecular formula is C20H28O2. The molecule has 22 heavy (non-hydrogen) atoms. The van der Waals surface area contributed by atoms with Crippen LogP contribution in [0, 0.1) is 5.92 Å². The summed E-state index contributed by atoms with van der Waals surface area (Å²) < 4.78 is 0. The summed E-state index contributed by atoms with van der Waals surface area (Å²) in [6.07, 6.45) is 13.7. The standard InChI is InChI=1S/C20H28O2/c1-2-3-4-5-16-6-11-18(12-7-16)19-13-8-17(9-14-19)10-15-20(21)22/h8-10,13-16,18H,2-7,11-12H2,1H3,(H,21,22)/b15-10+. The molecule has 1 saturated carbocycles. The van der Waals surface area contributed by atoms with Crippen LogP contribution in [-0.4, -0.2) is 11.1 Å². The highest BCUT2D eigenvalue weighted by molar-refractivity contribution is 5.85. The number of hydrogen-bond donors (Lipinski definition) is 1. The highest BCUT2D eigenvalue weighted by atomic mass is 16.4. The van der Waals surface area contributed by atoms with Gasteiger partial charge in [0.25, 0.3) is 0 Å². The molecule has 0 aromatic heterocycles. The van der Waals surface area contributed by atoms with Crippen LogP contribution in [-0.2, 0) is 4.79 Å². The van der Waals surface area contributed by atoms with Gasteiger partial charge in [0.05, 0.1) is 0 Å². The zero-order valence-electron chi connectivity index (χ0n) is 13.6. The average molecular weight is 300 g/mol. The summed E-state index contributed by atoms with van der Waals surface area (Å²) in [7, 11) is 0. The van der Waals surface area contributed by atoms with Gasteiger partial charge in [-0.1, -0.05) is 56.9 Å². The summed E-state index contributed by atoms with van der Waals surface area (Å²) in [6, 6.07) is 8.40. The first-order chi connectivity index (χ1) is 10.7. The van der Waals surface area contributed by atoms with Crippen molar-refractivity contribution >= 4 is 12.0 Å². The van der Waals surface area contributed by atoms with E-state index < -0.39 is 5.97 Å². The van der Waals surface area contributed by atoms with Gasteiger partial charge >= 0.3 is 5.97 Å². The Hall–Kier alpha value is -1.57. The number of carboxylic acids is 1. The van der Waals surface area contributed by atoms with Crippen molar-refractivity contribution in [2.75, 3.05) is 0 Å². The molecule has 1 N–H and O–H groups in total. The topological polar surface area (TPSA) is 37.3 Å². The largest absolute Gasteiger partial charge is 0.478 e. The molecule has 1 aromatic carbocycles. The molecule has 0 unspecified atom stereocenters. The van der Waals surface area contributed by atoms with Crippen LogP contribution in [0.15, 0.2) is 30.3 Å². The van der Waals surface area contributed by atoms with E-state index in [0.29, 0.717) is 5.92 Å². The van der Waals surface area contributed by atoms with E-state index in [1.54, 1.807) is 6.08 Å². The van der Waals surface area contributed by atoms with Gasteiger partial charge in [-0.25, -0.2) is 4.79 Å². The average Bonchev–Trinajstić information content (AvgIpc) is 2.54. The normalized spacial score (nSPS) is 22.0. The van der Waals surface area contributed by atoms with Gasteiger partial charge in [-0.15, -0.1) is 0 Å². The van der Waals surface area contributed by atoms with E-state index >= 15 is 0 Å². The Kier molecular flexibility index (Phi) is 6.70. The Balaban J connectivity index is 1.82. The van der Waals surface area contributed by atoms with Crippen molar-refractivity contribution in [2.45, 2.75) is 64.2 Å². The predicted molar refractivity (Wildman–Crippen MR) is 92.0 cm³/mol. The smallest absolute Gasteiger partial charge is 0.328 e. The Morgan fingerprint density at radius 2 is 1.82 bits per heavy atom. The minimum absolute atomic E-state index is 0.694. The lowest BCUT2D eigenvalue weighted by atomic mass is 9.77. The molecule has 1 fully saturated rings. The maximum atomic E-state index is 10.5. The highest BCUT2D eigenvalue weighted by Crippen LogP contribution is 2.37. The molecule has 0 saturated heterocycles. The molecule has 0 heterocycles. The number of benzene rings is 1. The Labute approximate surface area is 134 Å². The van der Waals surface area contributed by atoms with Gasteiger partial charge in [0, 0.05) is 6.08 Å². The van der Waals surface area contributed by atoms with Crippen molar-refractivity contribution in [1.29, 1.82) is 0 Å². The van der Waals surface area contributed by atoms with Gasteiger partial charge in [-0.2, -0.15) is 0 Å². The maximum absolute atomic E-state index is 10.5. The number of aliphatic carboxylic acids is 1. The van der Waals surface area contributed by atoms with E-state index in [-0.39, 0.29) is 0 Å². The summed E-state index contributed by atoms with van der Waals surface area (Å²) in [5.41, 5.74) is 2.37. The molecule has 2 nitrogen and oxygen atoms in total. The second-order valence-electron chi connectivity index (χ2n) is 6.55. The Morgan fingerprint density at radius 1 is 1.14 bits per heavy atom. The number of rotatable bonds is 7. The summed E-state index contributed by atoms with van der Waals surface area (Å²) in [5.74, 6) is 0.742. The first-order valence-electron chi connectivity index (χ1n) is 8.70. The predicted octanol–water partition coefficient (Wildman–Crippen LogP) is 5.64. The van der Waals surface area contributed by atoms with Crippen molar-refractivity contribution in [3.63, 3.8) is 0 Å². The Morgan fingerprint density at radius 3 is 2.41 bits per heavy atom. The fourth-order valence-corrected chi connectivity index (χ4v) is 3.51. The van der Waals surface area contributed by atoms with Crippen molar-refractivity contribution in [3.8, 4) is 0 Å². The third kappa shape index (κ3) is 5.32. The highest BCUT2D eigenvalue weighted by Gasteiger charge is 2.21. The van der Waals surface area contributed by atoms with E-state index in [9.17, 15) is 4.79 Å². The third-order valence-corrected chi connectivity index (χ3v) is 4.89. The summed E-state index contributed by atoms with van der Waals surface area (Å²) in [6.45, 7) is 2.27. The molecule has 120 valence electrons. The second-order valence-corrected chi connectivity index (χ2v) is 6.55. The van der Waals surface area contributed by atoms with Gasteiger partial charge in [-0.05, 0) is 54.7 Å². The molecule has 1 aliphatic rings. The second kappa shape index (κ2) is 8.77. The van der Waals surface area contributed by atoms with E-state index in [1.807, 2.05) is 12.1 Å². The van der Waals surface area contributed by atoms with Gasteiger partial charge in [0.1, 0.15) is 0 Å². The Bertz CT molecular complexity index is 479. The van der Waals surface area contributed by atoms with Gasteiger partial charge in [-0.3, -0.25) is 0 Å². The van der Waals surface area contributed by atoms with Crippen LogP contribution in [0.25, 0.3) is 6.08 Å². The molecule has 0 amide bonds. The molecule has 0 aliphatic heterocycles. The van der Waals surface area contributed by atoms with Crippen LogP contribution in [0.5, 0.6) is 0 Å². The van der Waals surface area contributed by atoms with Gasteiger partial charge in [0.2, 0.25) is 0 Å². The first kappa shape index (κ1) is 16.8. The minimum Gasteiger partial charge on any atom is -0.478 e. The van der Waals surface area contributed by atoms with E-state index in [4.69, 9.17) is 5.11 Å². The summed E-state index contributed by atoms with van der Waals surface area (Å²) in [4.78, 5) is 10.5. The molecule has 2 rings (SSSR count). The molecule has 1 aromatic rings. The first-order valence-corrected chi connectivity index (χ1v) is 8.70. The fraction of sp³-hybridized carbons (Fsp3) is 0.550. The molecular weight excluding hydrogens is 272 g/mol. The van der Waals surface area contributed by atoms with Crippen molar-refractivity contribution < 1.29 is 9.90 Å². The van der Waals surface area contributed by atoms with Gasteiger partial charge in [0.15, 0.2) is 0 Å². The molecule has 0 radical (unpaired) electrons. The van der Waals surface area contributed by atoms with Crippen LogP contribution in [0.2, 0.25) is 0 Å². The zero-order chi connectivity index (χ0) is 15.8. The van der Waals surface area contributed by atoms with Crippen molar-refractivity contribution in [2.24, 2.45) is 5.92 Å². The monoisotopic (exact) mass is 300 g/mol. The molecule has 0 atom stereocenters. The number of hydrogen-bond acceptors (Lipinski definition) is 1. The third-order valence-electron chi connectivity index (χ3n) is 4.89. The lowest BCUT2D eigenvalue weighted by Crippen LogP contribution is -2.13. The SMILES string of the molecule is CCCCCC1CCC(c2ccc(/C=C/C(=O)O)cc2)CC1. The maximum Gasteiger partial charge on any atom is 0.328 e. The van der Waals surface area contributed by atoms with Crippen molar-refractivity contribution in [3.05, 3.63) is 41.5 Å². The van der Waals surface area contributed by atoms with Crippen LogP contribution in [0.1, 0.15) is 75.3 Å². The molecule has 0 spiro atoms. The number of carboxylic acid groups (broad SMARTS) is 1. The summed E-state index contributed by atoms with van der Waals surface area (Å²) in [5, 5.41) is 8.65.